The highest BCUT2D eigenvalue weighted by atomic mass is 35.5. The zero-order valence-corrected chi connectivity index (χ0v) is 16.8. The minimum atomic E-state index is 0.00709. The van der Waals surface area contributed by atoms with E-state index in [-0.39, 0.29) is 11.9 Å². The number of nitrogens with one attached hydrogen (secondary N) is 2. The van der Waals surface area contributed by atoms with Crippen molar-refractivity contribution < 1.29 is 4.79 Å². The summed E-state index contributed by atoms with van der Waals surface area (Å²) in [6.45, 7) is 5.24. The van der Waals surface area contributed by atoms with Gasteiger partial charge in [-0.1, -0.05) is 41.9 Å². The fraction of sp³-hybridized carbons (Fsp3) is 0.273. The van der Waals surface area contributed by atoms with Gasteiger partial charge in [0.05, 0.1) is 29.3 Å². The van der Waals surface area contributed by atoms with Gasteiger partial charge in [-0.3, -0.25) is 4.79 Å². The van der Waals surface area contributed by atoms with Crippen molar-refractivity contribution in [2.45, 2.75) is 39.4 Å². The molecule has 4 rings (SSSR count). The Morgan fingerprint density at radius 2 is 2.07 bits per heavy atom. The van der Waals surface area contributed by atoms with E-state index in [1.807, 2.05) is 36.1 Å². The largest absolute Gasteiger partial charge is 0.380 e. The smallest absolute Gasteiger partial charge is 0.254 e. The number of amides is 1. The van der Waals surface area contributed by atoms with Crippen LogP contribution in [0.1, 0.15) is 39.8 Å². The van der Waals surface area contributed by atoms with E-state index in [4.69, 9.17) is 11.6 Å². The molecule has 0 spiro atoms. The number of aromatic amines is 1. The summed E-state index contributed by atoms with van der Waals surface area (Å²) in [6, 6.07) is 14.1. The van der Waals surface area contributed by atoms with Crippen LogP contribution < -0.4 is 5.32 Å². The van der Waals surface area contributed by atoms with Gasteiger partial charge in [0, 0.05) is 23.8 Å². The molecule has 0 fully saturated rings. The minimum absolute atomic E-state index is 0.00709. The van der Waals surface area contributed by atoms with Crippen LogP contribution in [0.5, 0.6) is 0 Å². The van der Waals surface area contributed by atoms with E-state index in [2.05, 4.69) is 34.3 Å². The predicted octanol–water partition coefficient (Wildman–Crippen LogP) is 4.57. The molecule has 1 aromatic heterocycles. The van der Waals surface area contributed by atoms with Crippen molar-refractivity contribution in [2.75, 3.05) is 5.32 Å². The van der Waals surface area contributed by atoms with Crippen LogP contribution in [-0.4, -0.2) is 26.8 Å². The number of rotatable bonds is 5. The first-order valence-corrected chi connectivity index (χ1v) is 9.80. The maximum atomic E-state index is 13.1. The Labute approximate surface area is 169 Å². The second-order valence-electron chi connectivity index (χ2n) is 7.29. The maximum absolute atomic E-state index is 13.1. The zero-order chi connectivity index (χ0) is 19.7. The molecule has 2 N–H and O–H groups in total. The quantitative estimate of drug-likeness (QED) is 0.666. The van der Waals surface area contributed by atoms with Gasteiger partial charge >= 0.3 is 0 Å². The fourth-order valence-electron chi connectivity index (χ4n) is 3.63. The molecule has 1 aliphatic rings. The number of halogens is 1. The molecule has 1 unspecified atom stereocenters. The van der Waals surface area contributed by atoms with Crippen LogP contribution in [0.4, 0.5) is 5.69 Å². The Morgan fingerprint density at radius 1 is 1.29 bits per heavy atom. The lowest BCUT2D eigenvalue weighted by atomic mass is 9.93. The number of fused-ring (bicyclic) bond motifs is 1. The molecule has 144 valence electrons. The Hall–Kier alpha value is -2.79. The number of benzene rings is 2. The van der Waals surface area contributed by atoms with Crippen LogP contribution in [0.15, 0.2) is 48.8 Å². The lowest BCUT2D eigenvalue weighted by Gasteiger charge is -2.34. The highest BCUT2D eigenvalue weighted by Gasteiger charge is 2.31. The van der Waals surface area contributed by atoms with Crippen LogP contribution in [0.3, 0.4) is 0 Å². The third-order valence-electron chi connectivity index (χ3n) is 5.31. The maximum Gasteiger partial charge on any atom is 0.254 e. The van der Waals surface area contributed by atoms with Crippen molar-refractivity contribution in [2.24, 2.45) is 0 Å². The van der Waals surface area contributed by atoms with Gasteiger partial charge in [-0.25, -0.2) is 4.98 Å². The Morgan fingerprint density at radius 3 is 2.79 bits per heavy atom. The number of imidazole rings is 1. The second-order valence-corrected chi connectivity index (χ2v) is 7.70. The summed E-state index contributed by atoms with van der Waals surface area (Å²) in [5.41, 5.74) is 5.65. The monoisotopic (exact) mass is 394 g/mol. The van der Waals surface area contributed by atoms with Gasteiger partial charge in [-0.2, -0.15) is 0 Å². The van der Waals surface area contributed by atoms with E-state index in [0.717, 1.165) is 29.1 Å². The lowest BCUT2D eigenvalue weighted by molar-refractivity contribution is 0.0646. The van der Waals surface area contributed by atoms with E-state index in [9.17, 15) is 4.79 Å². The van der Waals surface area contributed by atoms with Crippen molar-refractivity contribution >= 4 is 23.2 Å². The molecular formula is C22H23ClN4O. The molecule has 1 amide bonds. The molecule has 2 aromatic carbocycles. The summed E-state index contributed by atoms with van der Waals surface area (Å²) in [6.07, 6.45) is 2.46. The number of hydrogen-bond donors (Lipinski definition) is 2. The van der Waals surface area contributed by atoms with Crippen molar-refractivity contribution in [3.05, 3.63) is 81.9 Å². The molecule has 0 saturated heterocycles. The molecule has 0 bridgehead atoms. The Bertz CT molecular complexity index is 999. The fourth-order valence-corrected chi connectivity index (χ4v) is 3.86. The predicted molar refractivity (Wildman–Crippen MR) is 112 cm³/mol. The highest BCUT2D eigenvalue weighted by molar-refractivity contribution is 6.33. The number of anilines is 1. The summed E-state index contributed by atoms with van der Waals surface area (Å²) >= 11 is 6.49. The lowest BCUT2D eigenvalue weighted by Crippen LogP contribution is -2.43. The molecule has 0 aliphatic carbocycles. The molecule has 28 heavy (non-hydrogen) atoms. The first-order valence-electron chi connectivity index (χ1n) is 9.43. The SMILES string of the molecule is Cc1[nH]cnc1CN1C(=O)c2cc(Cl)c(NCc3ccccc3)cc2CC1C. The summed E-state index contributed by atoms with van der Waals surface area (Å²) in [5.74, 6) is 0.00709. The number of aromatic nitrogens is 2. The second kappa shape index (κ2) is 7.68. The van der Waals surface area contributed by atoms with Gasteiger partial charge in [0.1, 0.15) is 0 Å². The molecule has 5 nitrogen and oxygen atoms in total. The van der Waals surface area contributed by atoms with Gasteiger partial charge in [0.25, 0.3) is 5.91 Å². The number of H-pyrrole nitrogens is 1. The van der Waals surface area contributed by atoms with Gasteiger partial charge in [0.15, 0.2) is 0 Å². The first-order chi connectivity index (χ1) is 13.5. The molecule has 0 radical (unpaired) electrons. The van der Waals surface area contributed by atoms with Crippen LogP contribution in [0.25, 0.3) is 0 Å². The Balaban J connectivity index is 1.56. The Kier molecular flexibility index (Phi) is 5.09. The van der Waals surface area contributed by atoms with Crippen molar-refractivity contribution in [1.82, 2.24) is 14.9 Å². The topological polar surface area (TPSA) is 61.0 Å². The molecule has 3 aromatic rings. The van der Waals surface area contributed by atoms with Crippen LogP contribution in [0.2, 0.25) is 5.02 Å². The summed E-state index contributed by atoms with van der Waals surface area (Å²) in [5, 5.41) is 3.96. The standard InChI is InChI=1S/C22H23ClN4O/c1-14-8-17-9-20(24-11-16-6-4-3-5-7-16)19(23)10-18(17)22(28)27(14)12-21-15(2)25-13-26-21/h3-7,9-10,13-14,24H,8,11-12H2,1-2H3,(H,25,26). The number of aryl methyl sites for hydroxylation is 1. The summed E-state index contributed by atoms with van der Waals surface area (Å²) < 4.78 is 0. The summed E-state index contributed by atoms with van der Waals surface area (Å²) in [7, 11) is 0. The number of carbonyl (C=O) groups is 1. The minimum Gasteiger partial charge on any atom is -0.380 e. The highest BCUT2D eigenvalue weighted by Crippen LogP contribution is 2.32. The third-order valence-corrected chi connectivity index (χ3v) is 5.62. The molecule has 0 saturated carbocycles. The van der Waals surface area contributed by atoms with Gasteiger partial charge < -0.3 is 15.2 Å². The van der Waals surface area contributed by atoms with E-state index in [1.165, 1.54) is 5.56 Å². The first kappa shape index (κ1) is 18.6. The molecule has 1 atom stereocenters. The number of nitrogens with zero attached hydrogens (tertiary/aromatic N) is 2. The molecule has 2 heterocycles. The average Bonchev–Trinajstić information content (AvgIpc) is 3.10. The van der Waals surface area contributed by atoms with E-state index in [0.29, 0.717) is 23.7 Å². The molecule has 6 heteroatoms. The molecular weight excluding hydrogens is 372 g/mol. The normalized spacial score (nSPS) is 16.2. The van der Waals surface area contributed by atoms with E-state index >= 15 is 0 Å². The van der Waals surface area contributed by atoms with Crippen molar-refractivity contribution in [3.63, 3.8) is 0 Å². The van der Waals surface area contributed by atoms with Crippen molar-refractivity contribution in [1.29, 1.82) is 0 Å². The summed E-state index contributed by atoms with van der Waals surface area (Å²) in [4.78, 5) is 22.4. The van der Waals surface area contributed by atoms with E-state index < -0.39 is 0 Å². The average molecular weight is 395 g/mol. The van der Waals surface area contributed by atoms with E-state index in [1.54, 1.807) is 12.4 Å². The van der Waals surface area contributed by atoms with Crippen LogP contribution in [-0.2, 0) is 19.5 Å². The number of hydrogen-bond acceptors (Lipinski definition) is 3. The van der Waals surface area contributed by atoms with Gasteiger partial charge in [0.2, 0.25) is 0 Å². The zero-order valence-electron chi connectivity index (χ0n) is 16.0. The van der Waals surface area contributed by atoms with Gasteiger partial charge in [-0.05, 0) is 43.5 Å². The third kappa shape index (κ3) is 3.62. The number of carbonyl (C=O) groups excluding carboxylic acids is 1. The van der Waals surface area contributed by atoms with Crippen LogP contribution >= 0.6 is 11.6 Å². The molecule has 1 aliphatic heterocycles. The van der Waals surface area contributed by atoms with Crippen LogP contribution in [0, 0.1) is 6.92 Å². The van der Waals surface area contributed by atoms with Gasteiger partial charge in [-0.15, -0.1) is 0 Å². The van der Waals surface area contributed by atoms with Crippen molar-refractivity contribution in [3.8, 4) is 0 Å².